The molecule has 4 aromatic rings. The zero-order valence-corrected chi connectivity index (χ0v) is 16.2. The van der Waals surface area contributed by atoms with Crippen LogP contribution in [0.5, 0.6) is 5.75 Å². The lowest BCUT2D eigenvalue weighted by Crippen LogP contribution is -2.36. The van der Waals surface area contributed by atoms with Crippen LogP contribution in [0.4, 0.5) is 0 Å². The molecule has 148 valence electrons. The van der Waals surface area contributed by atoms with Crippen molar-refractivity contribution in [3.63, 3.8) is 0 Å². The van der Waals surface area contributed by atoms with E-state index in [2.05, 4.69) is 51.6 Å². The van der Waals surface area contributed by atoms with Crippen molar-refractivity contribution >= 4 is 5.91 Å². The van der Waals surface area contributed by atoms with Crippen molar-refractivity contribution in [2.45, 2.75) is 13.0 Å². The van der Waals surface area contributed by atoms with Gasteiger partial charge in [-0.1, -0.05) is 54.6 Å². The van der Waals surface area contributed by atoms with Gasteiger partial charge in [0.05, 0.1) is 18.4 Å². The summed E-state index contributed by atoms with van der Waals surface area (Å²) in [6, 6.07) is 21.6. The van der Waals surface area contributed by atoms with Gasteiger partial charge in [0, 0.05) is 29.8 Å². The van der Waals surface area contributed by atoms with E-state index in [1.165, 1.54) is 17.8 Å². The van der Waals surface area contributed by atoms with Gasteiger partial charge in [0.15, 0.2) is 0 Å². The van der Waals surface area contributed by atoms with Gasteiger partial charge in [-0.05, 0) is 23.3 Å². The number of benzene rings is 2. The molecule has 0 unspecified atom stereocenters. The maximum atomic E-state index is 12.8. The highest BCUT2D eigenvalue weighted by Crippen LogP contribution is 2.30. The zero-order valence-electron chi connectivity index (χ0n) is 16.2. The molecule has 2 aromatic carbocycles. The third-order valence-electron chi connectivity index (χ3n) is 5.45. The van der Waals surface area contributed by atoms with Crippen LogP contribution in [0.15, 0.2) is 72.9 Å². The number of nitrogens with zero attached hydrogens (tertiary/aromatic N) is 3. The van der Waals surface area contributed by atoms with Crippen molar-refractivity contribution in [2.24, 2.45) is 0 Å². The van der Waals surface area contributed by atoms with Crippen molar-refractivity contribution in [1.82, 2.24) is 20.1 Å². The molecular formula is C24H20N4O2. The number of aromatic nitrogens is 3. The summed E-state index contributed by atoms with van der Waals surface area (Å²) in [6.45, 7) is 1.08. The molecule has 5 rings (SSSR count). The standard InChI is InChI=1S/C24H20N4O2/c29-19-10-11-22(25-14-19)24(30)28-13-12-21-20(15-28)23(27-26-21)18-8-6-17(7-9-18)16-4-2-1-3-5-16/h1-11,14,29H,12-13,15H2,(H,26,27). The average molecular weight is 396 g/mol. The van der Waals surface area contributed by atoms with Gasteiger partial charge in [-0.15, -0.1) is 0 Å². The van der Waals surface area contributed by atoms with Crippen LogP contribution in [0.3, 0.4) is 0 Å². The number of fused-ring (bicyclic) bond motifs is 1. The Labute approximate surface area is 173 Å². The number of pyridine rings is 1. The first-order valence-corrected chi connectivity index (χ1v) is 9.85. The van der Waals surface area contributed by atoms with Crippen molar-refractivity contribution < 1.29 is 9.90 Å². The normalized spacial score (nSPS) is 13.1. The van der Waals surface area contributed by atoms with E-state index >= 15 is 0 Å². The lowest BCUT2D eigenvalue weighted by molar-refractivity contribution is 0.0728. The maximum Gasteiger partial charge on any atom is 0.272 e. The predicted octanol–water partition coefficient (Wildman–Crippen LogP) is 4.04. The maximum absolute atomic E-state index is 12.8. The van der Waals surface area contributed by atoms with E-state index in [1.54, 1.807) is 11.0 Å². The smallest absolute Gasteiger partial charge is 0.272 e. The summed E-state index contributed by atoms with van der Waals surface area (Å²) < 4.78 is 0. The molecule has 0 aliphatic carbocycles. The number of aromatic hydroxyl groups is 1. The first-order chi connectivity index (χ1) is 14.7. The molecule has 0 saturated heterocycles. The van der Waals surface area contributed by atoms with Gasteiger partial charge in [-0.25, -0.2) is 4.98 Å². The number of aromatic amines is 1. The molecular weight excluding hydrogens is 376 g/mol. The number of hydrogen-bond donors (Lipinski definition) is 2. The lowest BCUT2D eigenvalue weighted by Gasteiger charge is -2.27. The van der Waals surface area contributed by atoms with E-state index in [4.69, 9.17) is 0 Å². The summed E-state index contributed by atoms with van der Waals surface area (Å²) in [6.07, 6.45) is 2.01. The Hall–Kier alpha value is -3.93. The third kappa shape index (κ3) is 3.33. The molecule has 0 fully saturated rings. The summed E-state index contributed by atoms with van der Waals surface area (Å²) >= 11 is 0. The summed E-state index contributed by atoms with van der Waals surface area (Å²) in [4.78, 5) is 18.7. The van der Waals surface area contributed by atoms with Crippen LogP contribution in [-0.4, -0.2) is 37.6 Å². The second-order valence-corrected chi connectivity index (χ2v) is 7.35. The number of amides is 1. The molecule has 1 aliphatic heterocycles. The van der Waals surface area contributed by atoms with Gasteiger partial charge in [0.2, 0.25) is 0 Å². The van der Waals surface area contributed by atoms with E-state index < -0.39 is 0 Å². The van der Waals surface area contributed by atoms with Gasteiger partial charge in [-0.3, -0.25) is 9.89 Å². The molecule has 30 heavy (non-hydrogen) atoms. The SMILES string of the molecule is O=C(c1ccc(O)cn1)N1CCc2[nH]nc(-c3ccc(-c4ccccc4)cc3)c2C1. The second-order valence-electron chi connectivity index (χ2n) is 7.35. The summed E-state index contributed by atoms with van der Waals surface area (Å²) in [7, 11) is 0. The van der Waals surface area contributed by atoms with Crippen LogP contribution in [0.25, 0.3) is 22.4 Å². The number of hydrogen-bond acceptors (Lipinski definition) is 4. The summed E-state index contributed by atoms with van der Waals surface area (Å²) in [5.41, 5.74) is 6.66. The monoisotopic (exact) mass is 396 g/mol. The number of carbonyl (C=O) groups excluding carboxylic acids is 1. The molecule has 0 radical (unpaired) electrons. The number of nitrogens with one attached hydrogen (secondary N) is 1. The van der Waals surface area contributed by atoms with Crippen LogP contribution in [-0.2, 0) is 13.0 Å². The molecule has 2 aromatic heterocycles. The molecule has 0 bridgehead atoms. The van der Waals surface area contributed by atoms with E-state index in [1.807, 2.05) is 18.2 Å². The highest BCUT2D eigenvalue weighted by Gasteiger charge is 2.27. The van der Waals surface area contributed by atoms with Crippen LogP contribution < -0.4 is 0 Å². The Morgan fingerprint density at radius 3 is 2.40 bits per heavy atom. The minimum Gasteiger partial charge on any atom is -0.506 e. The van der Waals surface area contributed by atoms with Crippen LogP contribution in [0.1, 0.15) is 21.7 Å². The molecule has 0 spiro atoms. The fourth-order valence-corrected chi connectivity index (χ4v) is 3.83. The van der Waals surface area contributed by atoms with Crippen LogP contribution >= 0.6 is 0 Å². The molecule has 2 N–H and O–H groups in total. The van der Waals surface area contributed by atoms with Crippen LogP contribution in [0.2, 0.25) is 0 Å². The zero-order chi connectivity index (χ0) is 20.5. The van der Waals surface area contributed by atoms with Crippen molar-refractivity contribution in [1.29, 1.82) is 0 Å². The fourth-order valence-electron chi connectivity index (χ4n) is 3.83. The predicted molar refractivity (Wildman–Crippen MR) is 114 cm³/mol. The van der Waals surface area contributed by atoms with Gasteiger partial charge in [0.1, 0.15) is 11.4 Å². The second kappa shape index (κ2) is 7.48. The Balaban J connectivity index is 1.40. The minimum atomic E-state index is -0.146. The van der Waals surface area contributed by atoms with Crippen LogP contribution in [0, 0.1) is 0 Å². The lowest BCUT2D eigenvalue weighted by atomic mass is 9.98. The average Bonchev–Trinajstić information content (AvgIpc) is 3.23. The number of rotatable bonds is 3. The fraction of sp³-hybridized carbons (Fsp3) is 0.125. The van der Waals surface area contributed by atoms with E-state index in [-0.39, 0.29) is 11.7 Å². The Morgan fingerprint density at radius 1 is 0.933 bits per heavy atom. The molecule has 0 atom stereocenters. The number of H-pyrrole nitrogens is 1. The van der Waals surface area contributed by atoms with Gasteiger partial charge in [-0.2, -0.15) is 5.10 Å². The Kier molecular flexibility index (Phi) is 4.52. The van der Waals surface area contributed by atoms with E-state index in [9.17, 15) is 9.90 Å². The first kappa shape index (κ1) is 18.1. The molecule has 6 nitrogen and oxygen atoms in total. The molecule has 6 heteroatoms. The summed E-state index contributed by atoms with van der Waals surface area (Å²) in [5, 5.41) is 17.1. The van der Waals surface area contributed by atoms with Crippen molar-refractivity contribution in [2.75, 3.05) is 6.54 Å². The van der Waals surface area contributed by atoms with Crippen molar-refractivity contribution in [3.05, 3.63) is 89.9 Å². The van der Waals surface area contributed by atoms with Gasteiger partial charge < -0.3 is 10.0 Å². The quantitative estimate of drug-likeness (QED) is 0.548. The third-order valence-corrected chi connectivity index (χ3v) is 5.45. The molecule has 3 heterocycles. The summed E-state index contributed by atoms with van der Waals surface area (Å²) in [5.74, 6) is -0.101. The number of carbonyl (C=O) groups is 1. The first-order valence-electron chi connectivity index (χ1n) is 9.85. The Bertz CT molecular complexity index is 1180. The molecule has 1 amide bonds. The minimum absolute atomic E-state index is 0.0450. The van der Waals surface area contributed by atoms with E-state index in [0.717, 1.165) is 28.1 Å². The molecule has 1 aliphatic rings. The highest BCUT2D eigenvalue weighted by molar-refractivity contribution is 5.92. The van der Waals surface area contributed by atoms with Crippen molar-refractivity contribution in [3.8, 4) is 28.1 Å². The topological polar surface area (TPSA) is 82.1 Å². The van der Waals surface area contributed by atoms with Gasteiger partial charge >= 0.3 is 0 Å². The van der Waals surface area contributed by atoms with E-state index in [0.29, 0.717) is 25.2 Å². The van der Waals surface area contributed by atoms with Gasteiger partial charge in [0.25, 0.3) is 5.91 Å². The highest BCUT2D eigenvalue weighted by atomic mass is 16.3. The Morgan fingerprint density at radius 2 is 1.67 bits per heavy atom. The largest absolute Gasteiger partial charge is 0.506 e. The molecule has 0 saturated carbocycles.